The Hall–Kier alpha value is -1.68. The van der Waals surface area contributed by atoms with Crippen molar-refractivity contribution in [2.75, 3.05) is 6.54 Å². The lowest BCUT2D eigenvalue weighted by molar-refractivity contribution is 0.479. The standard InChI is InChI=1S/C16H22FN3/c1-4-18-16(8-6-13-9-10-19-20(13)3)14-7-5-12(2)11-15(14)17/h5,7,9-11,16,18H,4,6,8H2,1-3H3. The predicted octanol–water partition coefficient (Wildman–Crippen LogP) is 3.15. The predicted molar refractivity (Wildman–Crippen MR) is 79.1 cm³/mol. The highest BCUT2D eigenvalue weighted by Crippen LogP contribution is 2.22. The highest BCUT2D eigenvalue weighted by molar-refractivity contribution is 5.26. The summed E-state index contributed by atoms with van der Waals surface area (Å²) in [5.41, 5.74) is 2.87. The molecule has 0 bridgehead atoms. The molecule has 0 spiro atoms. The number of nitrogens with zero attached hydrogens (tertiary/aromatic N) is 2. The summed E-state index contributed by atoms with van der Waals surface area (Å²) in [5.74, 6) is -0.124. The second kappa shape index (κ2) is 6.66. The Kier molecular flexibility index (Phi) is 4.90. The molecule has 0 radical (unpaired) electrons. The molecule has 4 heteroatoms. The summed E-state index contributed by atoms with van der Waals surface area (Å²) in [5, 5.41) is 7.54. The van der Waals surface area contributed by atoms with Crippen LogP contribution in [0.4, 0.5) is 4.39 Å². The van der Waals surface area contributed by atoms with Crippen LogP contribution in [0.15, 0.2) is 30.5 Å². The molecule has 1 atom stereocenters. The van der Waals surface area contributed by atoms with E-state index in [1.807, 2.05) is 43.8 Å². The van der Waals surface area contributed by atoms with Crippen molar-refractivity contribution in [2.45, 2.75) is 32.7 Å². The molecule has 2 aromatic rings. The van der Waals surface area contributed by atoms with Gasteiger partial charge in [0.05, 0.1) is 0 Å². The fourth-order valence-corrected chi connectivity index (χ4v) is 2.47. The molecule has 1 aromatic heterocycles. The van der Waals surface area contributed by atoms with Gasteiger partial charge in [0.15, 0.2) is 0 Å². The Morgan fingerprint density at radius 2 is 2.15 bits per heavy atom. The molecule has 20 heavy (non-hydrogen) atoms. The van der Waals surface area contributed by atoms with Gasteiger partial charge in [0, 0.05) is 30.5 Å². The Morgan fingerprint density at radius 3 is 2.75 bits per heavy atom. The zero-order chi connectivity index (χ0) is 14.5. The molecule has 0 aliphatic heterocycles. The van der Waals surface area contributed by atoms with E-state index >= 15 is 0 Å². The fraction of sp³-hybridized carbons (Fsp3) is 0.438. The summed E-state index contributed by atoms with van der Waals surface area (Å²) < 4.78 is 16.0. The van der Waals surface area contributed by atoms with Crippen molar-refractivity contribution in [3.05, 3.63) is 53.1 Å². The summed E-state index contributed by atoms with van der Waals surface area (Å²) in [6.07, 6.45) is 3.53. The second-order valence-corrected chi connectivity index (χ2v) is 5.12. The first-order valence-corrected chi connectivity index (χ1v) is 7.08. The molecule has 108 valence electrons. The number of halogens is 1. The Bertz CT molecular complexity index is 563. The third-order valence-electron chi connectivity index (χ3n) is 3.59. The molecule has 3 nitrogen and oxygen atoms in total. The lowest BCUT2D eigenvalue weighted by atomic mass is 9.99. The van der Waals surface area contributed by atoms with Crippen LogP contribution in [0, 0.1) is 12.7 Å². The van der Waals surface area contributed by atoms with Gasteiger partial charge in [-0.1, -0.05) is 19.1 Å². The highest BCUT2D eigenvalue weighted by Gasteiger charge is 2.15. The third-order valence-corrected chi connectivity index (χ3v) is 3.59. The maximum atomic E-state index is 14.1. The second-order valence-electron chi connectivity index (χ2n) is 5.12. The lowest BCUT2D eigenvalue weighted by Crippen LogP contribution is -2.23. The van der Waals surface area contributed by atoms with Crippen molar-refractivity contribution in [3.8, 4) is 0 Å². The largest absolute Gasteiger partial charge is 0.310 e. The number of hydrogen-bond donors (Lipinski definition) is 1. The van der Waals surface area contributed by atoms with Crippen LogP contribution in [0.1, 0.15) is 36.2 Å². The fourth-order valence-electron chi connectivity index (χ4n) is 2.47. The Labute approximate surface area is 119 Å². The van der Waals surface area contributed by atoms with E-state index in [0.717, 1.165) is 30.5 Å². The number of nitrogens with one attached hydrogen (secondary N) is 1. The molecule has 1 heterocycles. The minimum absolute atomic E-state index is 0.0375. The lowest BCUT2D eigenvalue weighted by Gasteiger charge is -2.19. The normalized spacial score (nSPS) is 12.6. The average Bonchev–Trinajstić information content (AvgIpc) is 2.81. The smallest absolute Gasteiger partial charge is 0.128 e. The molecule has 0 aliphatic rings. The van der Waals surface area contributed by atoms with Crippen LogP contribution in [-0.4, -0.2) is 16.3 Å². The van der Waals surface area contributed by atoms with E-state index in [2.05, 4.69) is 10.4 Å². The van der Waals surface area contributed by atoms with Crippen molar-refractivity contribution >= 4 is 0 Å². The molecule has 0 saturated carbocycles. The van der Waals surface area contributed by atoms with Crippen molar-refractivity contribution in [1.29, 1.82) is 0 Å². The zero-order valence-electron chi connectivity index (χ0n) is 12.4. The van der Waals surface area contributed by atoms with Gasteiger partial charge in [-0.2, -0.15) is 5.10 Å². The molecule has 1 aromatic carbocycles. The summed E-state index contributed by atoms with van der Waals surface area (Å²) in [6, 6.07) is 7.50. The summed E-state index contributed by atoms with van der Waals surface area (Å²) >= 11 is 0. The molecule has 0 fully saturated rings. The third kappa shape index (κ3) is 3.45. The molecule has 0 amide bonds. The SMILES string of the molecule is CCNC(CCc1ccnn1C)c1ccc(C)cc1F. The van der Waals surface area contributed by atoms with E-state index in [4.69, 9.17) is 0 Å². The van der Waals surface area contributed by atoms with Crippen molar-refractivity contribution in [1.82, 2.24) is 15.1 Å². The van der Waals surface area contributed by atoms with Crippen LogP contribution in [0.3, 0.4) is 0 Å². The van der Waals surface area contributed by atoms with E-state index in [9.17, 15) is 4.39 Å². The molecule has 2 rings (SSSR count). The van der Waals surface area contributed by atoms with E-state index in [-0.39, 0.29) is 11.9 Å². The monoisotopic (exact) mass is 275 g/mol. The Balaban J connectivity index is 2.12. The maximum absolute atomic E-state index is 14.1. The van der Waals surface area contributed by atoms with Crippen LogP contribution in [0.25, 0.3) is 0 Å². The maximum Gasteiger partial charge on any atom is 0.128 e. The van der Waals surface area contributed by atoms with Crippen molar-refractivity contribution in [3.63, 3.8) is 0 Å². The van der Waals surface area contributed by atoms with Gasteiger partial charge in [-0.25, -0.2) is 4.39 Å². The number of rotatable bonds is 6. The van der Waals surface area contributed by atoms with Gasteiger partial charge in [-0.05, 0) is 44.0 Å². The first-order chi connectivity index (χ1) is 9.61. The molecular weight excluding hydrogens is 253 g/mol. The summed E-state index contributed by atoms with van der Waals surface area (Å²) in [6.45, 7) is 4.78. The van der Waals surface area contributed by atoms with Crippen molar-refractivity contribution < 1.29 is 4.39 Å². The molecular formula is C16H22FN3. The first kappa shape index (κ1) is 14.7. The zero-order valence-corrected chi connectivity index (χ0v) is 12.4. The van der Waals surface area contributed by atoms with Gasteiger partial charge in [0.2, 0.25) is 0 Å². The van der Waals surface area contributed by atoms with Crippen molar-refractivity contribution in [2.24, 2.45) is 7.05 Å². The van der Waals surface area contributed by atoms with E-state index < -0.39 is 0 Å². The average molecular weight is 275 g/mol. The molecule has 0 aliphatic carbocycles. The summed E-state index contributed by atoms with van der Waals surface area (Å²) in [7, 11) is 1.93. The number of aromatic nitrogens is 2. The van der Waals surface area contributed by atoms with Gasteiger partial charge >= 0.3 is 0 Å². The quantitative estimate of drug-likeness (QED) is 0.877. The van der Waals surface area contributed by atoms with E-state index in [1.54, 1.807) is 12.3 Å². The van der Waals surface area contributed by atoms with Crippen LogP contribution in [0.2, 0.25) is 0 Å². The number of hydrogen-bond acceptors (Lipinski definition) is 2. The van der Waals surface area contributed by atoms with Gasteiger partial charge in [0.1, 0.15) is 5.82 Å². The van der Waals surface area contributed by atoms with Crippen LogP contribution in [-0.2, 0) is 13.5 Å². The topological polar surface area (TPSA) is 29.9 Å². The highest BCUT2D eigenvalue weighted by atomic mass is 19.1. The molecule has 0 saturated heterocycles. The first-order valence-electron chi connectivity index (χ1n) is 7.08. The molecule has 1 unspecified atom stereocenters. The van der Waals surface area contributed by atoms with Gasteiger partial charge < -0.3 is 5.32 Å². The minimum atomic E-state index is -0.124. The molecule has 1 N–H and O–H groups in total. The number of aryl methyl sites for hydroxylation is 3. The summed E-state index contributed by atoms with van der Waals surface area (Å²) in [4.78, 5) is 0. The van der Waals surface area contributed by atoms with Gasteiger partial charge in [-0.15, -0.1) is 0 Å². The van der Waals surface area contributed by atoms with Gasteiger partial charge in [0.25, 0.3) is 0 Å². The van der Waals surface area contributed by atoms with Crippen LogP contribution in [0.5, 0.6) is 0 Å². The van der Waals surface area contributed by atoms with Gasteiger partial charge in [-0.3, -0.25) is 4.68 Å². The minimum Gasteiger partial charge on any atom is -0.310 e. The Morgan fingerprint density at radius 1 is 1.35 bits per heavy atom. The van der Waals surface area contributed by atoms with Crippen LogP contribution >= 0.6 is 0 Å². The van der Waals surface area contributed by atoms with Crippen LogP contribution < -0.4 is 5.32 Å². The van der Waals surface area contributed by atoms with E-state index in [0.29, 0.717) is 0 Å². The number of benzene rings is 1. The van der Waals surface area contributed by atoms with E-state index in [1.165, 1.54) is 5.69 Å².